The van der Waals surface area contributed by atoms with Crippen LogP contribution in [0.3, 0.4) is 0 Å². The second-order valence-corrected chi connectivity index (χ2v) is 14.0. The van der Waals surface area contributed by atoms with E-state index in [0.29, 0.717) is 42.6 Å². The Kier molecular flexibility index (Phi) is 16.3. The first-order valence-electron chi connectivity index (χ1n) is 17.8. The fraction of sp³-hybridized carbons (Fsp3) is 0.400. The zero-order valence-corrected chi connectivity index (χ0v) is 32.6. The predicted molar refractivity (Wildman–Crippen MR) is 217 cm³/mol. The van der Waals surface area contributed by atoms with E-state index < -0.39 is 0 Å². The smallest absolute Gasteiger partial charge is 0.106 e. The summed E-state index contributed by atoms with van der Waals surface area (Å²) in [5.74, 6) is 0. The van der Waals surface area contributed by atoms with Crippen LogP contribution in [0.2, 0.25) is 20.1 Å². The maximum Gasteiger partial charge on any atom is 0.106 e. The van der Waals surface area contributed by atoms with Gasteiger partial charge in [-0.05, 0) is 98.5 Å². The minimum atomic E-state index is 0.387. The number of hydrogen-bond acceptors (Lipinski definition) is 6. The van der Waals surface area contributed by atoms with Crippen LogP contribution in [0.4, 0.5) is 34.1 Å². The van der Waals surface area contributed by atoms with Gasteiger partial charge in [-0.15, -0.1) is 10.2 Å². The molecule has 4 aromatic rings. The molecule has 0 unspecified atom stereocenters. The van der Waals surface area contributed by atoms with E-state index in [-0.39, 0.29) is 0 Å². The fourth-order valence-corrected chi connectivity index (χ4v) is 6.38. The molecule has 0 aromatic heterocycles. The van der Waals surface area contributed by atoms with Gasteiger partial charge < -0.3 is 9.80 Å². The average Bonchev–Trinajstić information content (AvgIpc) is 3.13. The third kappa shape index (κ3) is 11.4. The monoisotopic (exact) mass is 752 g/mol. The molecule has 6 nitrogen and oxygen atoms in total. The van der Waals surface area contributed by atoms with Crippen molar-refractivity contribution in [2.24, 2.45) is 20.5 Å². The van der Waals surface area contributed by atoms with Crippen molar-refractivity contribution in [3.63, 3.8) is 0 Å². The largest absolute Gasteiger partial charge is 0.372 e. The maximum absolute atomic E-state index is 6.74. The summed E-state index contributed by atoms with van der Waals surface area (Å²) in [5.41, 5.74) is 6.01. The summed E-state index contributed by atoms with van der Waals surface area (Å²) in [6, 6.07) is 23.1. The van der Waals surface area contributed by atoms with Gasteiger partial charge in [0.15, 0.2) is 0 Å². The van der Waals surface area contributed by atoms with Crippen molar-refractivity contribution in [1.82, 2.24) is 0 Å². The van der Waals surface area contributed by atoms with Crippen LogP contribution in [0.5, 0.6) is 0 Å². The van der Waals surface area contributed by atoms with E-state index in [2.05, 4.69) is 82.2 Å². The van der Waals surface area contributed by atoms with E-state index in [4.69, 9.17) is 46.4 Å². The standard InChI is InChI=1S/C40H48Cl4N6/c1-5-9-21-49(22-10-6-2)31-17-13-29(14-18-31)45-47-39-27-35(41)33(25-37(39)43)34-26-38(44)40(28-36(34)42)48-46-30-15-19-32(20-16-30)50(23-11-7-3)24-12-8-4/h13-20,25-28H,5-12,21-24H2,1-4H3. The van der Waals surface area contributed by atoms with E-state index >= 15 is 0 Å². The topological polar surface area (TPSA) is 55.9 Å². The van der Waals surface area contributed by atoms with Crippen LogP contribution in [-0.4, -0.2) is 26.2 Å². The Morgan fingerprint density at radius 1 is 0.420 bits per heavy atom. The normalized spacial score (nSPS) is 11.6. The molecule has 0 N–H and O–H groups in total. The van der Waals surface area contributed by atoms with Gasteiger partial charge in [0, 0.05) is 48.7 Å². The molecule has 0 spiro atoms. The Bertz CT molecular complexity index is 1560. The van der Waals surface area contributed by atoms with Crippen LogP contribution < -0.4 is 9.80 Å². The molecule has 266 valence electrons. The molecule has 0 bridgehead atoms. The zero-order chi connectivity index (χ0) is 35.9. The Morgan fingerprint density at radius 2 is 0.740 bits per heavy atom. The number of anilines is 2. The zero-order valence-electron chi connectivity index (χ0n) is 29.6. The molecule has 4 rings (SSSR count). The number of halogens is 4. The van der Waals surface area contributed by atoms with Crippen LogP contribution in [0.25, 0.3) is 11.1 Å². The number of unbranched alkanes of at least 4 members (excludes halogenated alkanes) is 4. The lowest BCUT2D eigenvalue weighted by atomic mass is 10.0. The molecule has 0 fully saturated rings. The number of hydrogen-bond donors (Lipinski definition) is 0. The quantitative estimate of drug-likeness (QED) is 0.0895. The highest BCUT2D eigenvalue weighted by Crippen LogP contribution is 2.43. The molecule has 10 heteroatoms. The van der Waals surface area contributed by atoms with Crippen molar-refractivity contribution in [2.75, 3.05) is 36.0 Å². The minimum Gasteiger partial charge on any atom is -0.372 e. The summed E-state index contributed by atoms with van der Waals surface area (Å²) in [5, 5.41) is 19.3. The van der Waals surface area contributed by atoms with Crippen molar-refractivity contribution in [1.29, 1.82) is 0 Å². The molecule has 0 saturated carbocycles. The average molecular weight is 755 g/mol. The highest BCUT2D eigenvalue weighted by molar-refractivity contribution is 6.40. The van der Waals surface area contributed by atoms with Gasteiger partial charge in [-0.1, -0.05) is 99.8 Å². The summed E-state index contributed by atoms with van der Waals surface area (Å²) in [6.07, 6.45) is 9.34. The molecular weight excluding hydrogens is 706 g/mol. The molecule has 4 aromatic carbocycles. The van der Waals surface area contributed by atoms with Crippen LogP contribution in [-0.2, 0) is 0 Å². The molecule has 0 saturated heterocycles. The summed E-state index contributed by atoms with van der Waals surface area (Å²) in [7, 11) is 0. The van der Waals surface area contributed by atoms with Crippen molar-refractivity contribution < 1.29 is 0 Å². The second-order valence-electron chi connectivity index (χ2n) is 12.4. The molecule has 0 aliphatic rings. The lowest BCUT2D eigenvalue weighted by Gasteiger charge is -2.24. The van der Waals surface area contributed by atoms with Gasteiger partial charge in [-0.2, -0.15) is 10.2 Å². The van der Waals surface area contributed by atoms with Crippen molar-refractivity contribution in [3.05, 3.63) is 92.9 Å². The van der Waals surface area contributed by atoms with Crippen LogP contribution in [0.1, 0.15) is 79.1 Å². The van der Waals surface area contributed by atoms with Gasteiger partial charge in [0.25, 0.3) is 0 Å². The Balaban J connectivity index is 1.47. The van der Waals surface area contributed by atoms with E-state index in [9.17, 15) is 0 Å². The lowest BCUT2D eigenvalue weighted by molar-refractivity contribution is 0.678. The maximum atomic E-state index is 6.74. The van der Waals surface area contributed by atoms with E-state index in [1.165, 1.54) is 62.7 Å². The SMILES string of the molecule is CCCCN(CCCC)c1ccc(N=Nc2cc(Cl)c(-c3cc(Cl)c(N=Nc4ccc(N(CCCC)CCCC)cc4)cc3Cl)cc2Cl)cc1. The fourth-order valence-electron chi connectivity index (χ4n) is 5.46. The summed E-state index contributed by atoms with van der Waals surface area (Å²) in [4.78, 5) is 4.87. The van der Waals surface area contributed by atoms with Crippen LogP contribution >= 0.6 is 46.4 Å². The minimum absolute atomic E-state index is 0.387. The van der Waals surface area contributed by atoms with E-state index in [1.807, 2.05) is 24.3 Å². The van der Waals surface area contributed by atoms with E-state index in [0.717, 1.165) is 37.6 Å². The molecule has 0 aliphatic carbocycles. The second kappa shape index (κ2) is 20.6. The molecule has 0 amide bonds. The summed E-state index contributed by atoms with van der Waals surface area (Å²) in [6.45, 7) is 13.1. The Labute approximate surface area is 318 Å². The molecular formula is C40H48Cl4N6. The van der Waals surface area contributed by atoms with Crippen molar-refractivity contribution in [2.45, 2.75) is 79.1 Å². The predicted octanol–water partition coefficient (Wildman–Crippen LogP) is 15.6. The first-order valence-corrected chi connectivity index (χ1v) is 19.3. The van der Waals surface area contributed by atoms with Gasteiger partial charge in [-0.25, -0.2) is 0 Å². The van der Waals surface area contributed by atoms with Crippen molar-refractivity contribution >= 4 is 80.5 Å². The lowest BCUT2D eigenvalue weighted by Crippen LogP contribution is -2.25. The first kappa shape index (κ1) is 39.6. The number of benzene rings is 4. The highest BCUT2D eigenvalue weighted by atomic mass is 35.5. The number of rotatable bonds is 19. The molecule has 0 aliphatic heterocycles. The van der Waals surface area contributed by atoms with Gasteiger partial charge in [0.05, 0.1) is 31.5 Å². The third-order valence-electron chi connectivity index (χ3n) is 8.47. The molecule has 0 radical (unpaired) electrons. The molecule has 50 heavy (non-hydrogen) atoms. The Hall–Kier alpha value is -3.16. The first-order chi connectivity index (χ1) is 24.3. The third-order valence-corrected chi connectivity index (χ3v) is 9.70. The summed E-state index contributed by atoms with van der Waals surface area (Å²) < 4.78 is 0. The van der Waals surface area contributed by atoms with Gasteiger partial charge in [0.2, 0.25) is 0 Å². The molecule has 0 atom stereocenters. The van der Waals surface area contributed by atoms with Crippen LogP contribution in [0, 0.1) is 0 Å². The van der Waals surface area contributed by atoms with Gasteiger partial charge in [-0.3, -0.25) is 0 Å². The van der Waals surface area contributed by atoms with Gasteiger partial charge in [0.1, 0.15) is 11.4 Å². The number of azo groups is 2. The van der Waals surface area contributed by atoms with Gasteiger partial charge >= 0.3 is 0 Å². The Morgan fingerprint density at radius 3 is 1.04 bits per heavy atom. The van der Waals surface area contributed by atoms with Crippen LogP contribution in [0.15, 0.2) is 93.3 Å². The van der Waals surface area contributed by atoms with E-state index in [1.54, 1.807) is 24.3 Å². The summed E-state index contributed by atoms with van der Waals surface area (Å²) >= 11 is 26.8. The molecule has 0 heterocycles. The highest BCUT2D eigenvalue weighted by Gasteiger charge is 2.15. The number of nitrogens with zero attached hydrogens (tertiary/aromatic N) is 6. The van der Waals surface area contributed by atoms with Crippen molar-refractivity contribution in [3.8, 4) is 11.1 Å².